The number of nitrogens with one attached hydrogen (secondary N) is 1. The molecular formula is C21H28N2O3. The summed E-state index contributed by atoms with van der Waals surface area (Å²) in [6, 6.07) is 12.5. The Morgan fingerprint density at radius 1 is 1.19 bits per heavy atom. The number of carbonyl (C=O) groups is 1. The summed E-state index contributed by atoms with van der Waals surface area (Å²) >= 11 is 0. The lowest BCUT2D eigenvalue weighted by Gasteiger charge is -2.24. The summed E-state index contributed by atoms with van der Waals surface area (Å²) in [4.78, 5) is 15.9. The van der Waals surface area contributed by atoms with Crippen molar-refractivity contribution in [2.45, 2.75) is 52.6 Å². The molecule has 0 aliphatic heterocycles. The number of nitrogens with zero attached hydrogens (tertiary/aromatic N) is 1. The van der Waals surface area contributed by atoms with E-state index in [2.05, 4.69) is 31.1 Å². The van der Waals surface area contributed by atoms with E-state index < -0.39 is 12.0 Å². The number of aliphatic carboxylic acids is 1. The molecule has 0 bridgehead atoms. The van der Waals surface area contributed by atoms with E-state index in [1.807, 2.05) is 43.3 Å². The van der Waals surface area contributed by atoms with Gasteiger partial charge in [0.05, 0.1) is 0 Å². The van der Waals surface area contributed by atoms with Gasteiger partial charge in [-0.1, -0.05) is 45.0 Å². The molecule has 0 spiro atoms. The third-order valence-electron chi connectivity index (χ3n) is 4.16. The number of pyridine rings is 1. The van der Waals surface area contributed by atoms with Gasteiger partial charge in [-0.2, -0.15) is 0 Å². The summed E-state index contributed by atoms with van der Waals surface area (Å²) in [6.07, 6.45) is 3.15. The molecule has 0 saturated carbocycles. The fourth-order valence-electron chi connectivity index (χ4n) is 2.57. The predicted molar refractivity (Wildman–Crippen MR) is 102 cm³/mol. The van der Waals surface area contributed by atoms with Crippen molar-refractivity contribution in [1.29, 1.82) is 0 Å². The van der Waals surface area contributed by atoms with E-state index in [-0.39, 0.29) is 11.5 Å². The highest BCUT2D eigenvalue weighted by molar-refractivity contribution is 5.73. The number of benzene rings is 1. The summed E-state index contributed by atoms with van der Waals surface area (Å²) < 4.78 is 5.68. The second-order valence-corrected chi connectivity index (χ2v) is 7.72. The molecule has 1 aromatic carbocycles. The first-order valence-corrected chi connectivity index (χ1v) is 8.92. The van der Waals surface area contributed by atoms with Crippen molar-refractivity contribution in [3.8, 4) is 11.6 Å². The second-order valence-electron chi connectivity index (χ2n) is 7.72. The van der Waals surface area contributed by atoms with Gasteiger partial charge in [0.25, 0.3) is 0 Å². The summed E-state index contributed by atoms with van der Waals surface area (Å²) in [5, 5.41) is 12.7. The van der Waals surface area contributed by atoms with Crippen molar-refractivity contribution in [1.82, 2.24) is 10.3 Å². The molecule has 0 saturated heterocycles. The molecule has 2 atom stereocenters. The number of ether oxygens (including phenoxy) is 1. The van der Waals surface area contributed by atoms with Gasteiger partial charge >= 0.3 is 5.97 Å². The van der Waals surface area contributed by atoms with Crippen LogP contribution in [0, 0.1) is 5.41 Å². The number of carboxylic acid groups (broad SMARTS) is 1. The highest BCUT2D eigenvalue weighted by atomic mass is 16.5. The minimum atomic E-state index is -0.821. The molecule has 1 heterocycles. The molecule has 1 aromatic heterocycles. The molecule has 2 aromatic rings. The lowest BCUT2D eigenvalue weighted by molar-refractivity contribution is -0.140. The van der Waals surface area contributed by atoms with Crippen molar-refractivity contribution in [2.75, 3.05) is 0 Å². The lowest BCUT2D eigenvalue weighted by Crippen LogP contribution is -2.39. The Hall–Kier alpha value is -2.40. The van der Waals surface area contributed by atoms with Gasteiger partial charge in [0, 0.05) is 18.3 Å². The molecule has 0 amide bonds. The zero-order valence-corrected chi connectivity index (χ0v) is 15.9. The van der Waals surface area contributed by atoms with E-state index in [9.17, 15) is 9.90 Å². The van der Waals surface area contributed by atoms with Gasteiger partial charge in [0.15, 0.2) is 0 Å². The van der Waals surface area contributed by atoms with Crippen molar-refractivity contribution >= 4 is 5.97 Å². The first kappa shape index (κ1) is 19.9. The van der Waals surface area contributed by atoms with Gasteiger partial charge in [-0.3, -0.25) is 10.1 Å². The van der Waals surface area contributed by atoms with Gasteiger partial charge in [-0.05, 0) is 42.9 Å². The van der Waals surface area contributed by atoms with Crippen LogP contribution in [0.2, 0.25) is 0 Å². The zero-order chi connectivity index (χ0) is 19.2. The average Bonchev–Trinajstić information content (AvgIpc) is 2.59. The fraction of sp³-hybridized carbons (Fsp3) is 0.429. The first-order valence-electron chi connectivity index (χ1n) is 8.92. The molecule has 0 aliphatic rings. The van der Waals surface area contributed by atoms with Gasteiger partial charge in [0.1, 0.15) is 11.8 Å². The van der Waals surface area contributed by atoms with Crippen molar-refractivity contribution in [3.63, 3.8) is 0 Å². The van der Waals surface area contributed by atoms with Crippen molar-refractivity contribution < 1.29 is 14.6 Å². The van der Waals surface area contributed by atoms with Crippen LogP contribution < -0.4 is 10.1 Å². The minimum absolute atomic E-state index is 0.108. The molecule has 0 unspecified atom stereocenters. The molecule has 26 heavy (non-hydrogen) atoms. The topological polar surface area (TPSA) is 71.5 Å². The van der Waals surface area contributed by atoms with E-state index in [0.717, 1.165) is 17.7 Å². The van der Waals surface area contributed by atoms with E-state index in [1.165, 1.54) is 0 Å². The minimum Gasteiger partial charge on any atom is -0.480 e. The predicted octanol–water partition coefficient (Wildman–Crippen LogP) is 4.80. The van der Waals surface area contributed by atoms with Crippen LogP contribution in [-0.2, 0) is 4.79 Å². The average molecular weight is 356 g/mol. The number of hydrogen-bond acceptors (Lipinski definition) is 4. The van der Waals surface area contributed by atoms with Gasteiger partial charge in [-0.25, -0.2) is 4.98 Å². The maximum atomic E-state index is 11.5. The fourth-order valence-corrected chi connectivity index (χ4v) is 2.57. The molecule has 0 fully saturated rings. The van der Waals surface area contributed by atoms with Crippen LogP contribution in [0.15, 0.2) is 48.7 Å². The Balaban J connectivity index is 1.97. The number of hydrogen-bond donors (Lipinski definition) is 2. The molecule has 0 aliphatic carbocycles. The smallest absolute Gasteiger partial charge is 0.320 e. The van der Waals surface area contributed by atoms with Gasteiger partial charge in [-0.15, -0.1) is 0 Å². The Bertz CT molecular complexity index is 693. The number of para-hydroxylation sites is 1. The Kier molecular flexibility index (Phi) is 6.75. The third kappa shape index (κ3) is 6.48. The van der Waals surface area contributed by atoms with Crippen LogP contribution in [0.3, 0.4) is 0 Å². The van der Waals surface area contributed by atoms with E-state index in [1.54, 1.807) is 12.3 Å². The highest BCUT2D eigenvalue weighted by Gasteiger charge is 2.23. The molecule has 5 nitrogen and oxygen atoms in total. The SMILES string of the molecule is C[C@H](N[C@@H](CCC(C)(C)C)C(=O)O)c1ccc(Oc2ccccc2)nc1. The van der Waals surface area contributed by atoms with Gasteiger partial charge < -0.3 is 9.84 Å². The Morgan fingerprint density at radius 2 is 1.88 bits per heavy atom. The Morgan fingerprint density at radius 3 is 2.42 bits per heavy atom. The molecular weight excluding hydrogens is 328 g/mol. The lowest BCUT2D eigenvalue weighted by atomic mass is 9.88. The summed E-state index contributed by atoms with van der Waals surface area (Å²) in [6.45, 7) is 8.29. The van der Waals surface area contributed by atoms with Crippen LogP contribution in [0.5, 0.6) is 11.6 Å². The third-order valence-corrected chi connectivity index (χ3v) is 4.16. The largest absolute Gasteiger partial charge is 0.480 e. The maximum absolute atomic E-state index is 11.5. The quantitative estimate of drug-likeness (QED) is 0.710. The van der Waals surface area contributed by atoms with Crippen LogP contribution in [0.25, 0.3) is 0 Å². The zero-order valence-electron chi connectivity index (χ0n) is 15.9. The van der Waals surface area contributed by atoms with Crippen molar-refractivity contribution in [3.05, 3.63) is 54.2 Å². The van der Waals surface area contributed by atoms with Crippen LogP contribution in [0.4, 0.5) is 0 Å². The molecule has 5 heteroatoms. The summed E-state index contributed by atoms with van der Waals surface area (Å²) in [5.74, 6) is 0.416. The Labute approximate surface area is 155 Å². The number of aromatic nitrogens is 1. The molecule has 2 rings (SSSR count). The van der Waals surface area contributed by atoms with Crippen molar-refractivity contribution in [2.24, 2.45) is 5.41 Å². The summed E-state index contributed by atoms with van der Waals surface area (Å²) in [5.41, 5.74) is 1.03. The maximum Gasteiger partial charge on any atom is 0.320 e. The second kappa shape index (κ2) is 8.81. The van der Waals surface area contributed by atoms with Crippen LogP contribution in [-0.4, -0.2) is 22.1 Å². The molecule has 140 valence electrons. The normalized spacial score (nSPS) is 13.8. The standard InChI is InChI=1S/C21H28N2O3/c1-15(23-18(20(24)25)12-13-21(2,3)4)16-10-11-19(22-14-16)26-17-8-6-5-7-9-17/h5-11,14-15,18,23H,12-13H2,1-4H3,(H,24,25)/t15-,18-/m0/s1. The molecule has 0 radical (unpaired) electrons. The monoisotopic (exact) mass is 356 g/mol. The molecule has 2 N–H and O–H groups in total. The first-order chi connectivity index (χ1) is 12.2. The highest BCUT2D eigenvalue weighted by Crippen LogP contribution is 2.24. The van der Waals surface area contributed by atoms with E-state index in [0.29, 0.717) is 12.3 Å². The van der Waals surface area contributed by atoms with Crippen LogP contribution >= 0.6 is 0 Å². The van der Waals surface area contributed by atoms with Crippen LogP contribution in [0.1, 0.15) is 52.1 Å². The van der Waals surface area contributed by atoms with E-state index >= 15 is 0 Å². The number of rotatable bonds is 8. The van der Waals surface area contributed by atoms with Gasteiger partial charge in [0.2, 0.25) is 5.88 Å². The number of carboxylic acids is 1. The summed E-state index contributed by atoms with van der Waals surface area (Å²) in [7, 11) is 0. The van der Waals surface area contributed by atoms with E-state index in [4.69, 9.17) is 4.74 Å².